The van der Waals surface area contributed by atoms with Crippen molar-refractivity contribution in [2.45, 2.75) is 24.9 Å². The summed E-state index contributed by atoms with van der Waals surface area (Å²) >= 11 is 0. The second-order valence-corrected chi connectivity index (χ2v) is 4.98. The van der Waals surface area contributed by atoms with Gasteiger partial charge in [0.1, 0.15) is 5.92 Å². The first kappa shape index (κ1) is 17.1. The molecule has 126 valence electrons. The van der Waals surface area contributed by atoms with Gasteiger partial charge in [0.05, 0.1) is 12.6 Å². The Hall–Kier alpha value is -2.29. The largest absolute Gasteiger partial charge is 0.466 e. The third-order valence-electron chi connectivity index (χ3n) is 3.51. The van der Waals surface area contributed by atoms with Gasteiger partial charge >= 0.3 is 18.2 Å². The van der Waals surface area contributed by atoms with Gasteiger partial charge < -0.3 is 20.5 Å². The summed E-state index contributed by atoms with van der Waals surface area (Å²) in [5, 5.41) is 13.7. The topological polar surface area (TPSA) is 87.7 Å². The van der Waals surface area contributed by atoms with Crippen LogP contribution in [0.1, 0.15) is 18.5 Å². The number of alkyl halides is 3. The molecule has 9 heteroatoms. The molecule has 1 aliphatic heterocycles. The molecule has 3 atom stereocenters. The number of nitrogens with one attached hydrogen (secondary N) is 2. The van der Waals surface area contributed by atoms with Gasteiger partial charge in [-0.1, -0.05) is 30.3 Å². The second-order valence-electron chi connectivity index (χ2n) is 4.98. The van der Waals surface area contributed by atoms with E-state index < -0.39 is 35.9 Å². The minimum atomic E-state index is -5.27. The van der Waals surface area contributed by atoms with E-state index in [1.165, 1.54) is 24.4 Å². The number of halogens is 3. The molecule has 2 rings (SSSR count). The minimum absolute atomic E-state index is 0.168. The molecular formula is C14H15F3N2O4. The zero-order valence-corrected chi connectivity index (χ0v) is 12.1. The Balaban J connectivity index is 2.54. The molecule has 23 heavy (non-hydrogen) atoms. The number of aliphatic hydroxyl groups is 1. The van der Waals surface area contributed by atoms with Crippen molar-refractivity contribution in [3.05, 3.63) is 35.9 Å². The number of hydrogen-bond acceptors (Lipinski definition) is 4. The third kappa shape index (κ3) is 3.09. The maximum atomic E-state index is 13.3. The molecule has 1 aromatic rings. The molecule has 0 saturated carbocycles. The highest BCUT2D eigenvalue weighted by molar-refractivity contribution is 5.83. The fraction of sp³-hybridized carbons (Fsp3) is 0.429. The molecule has 6 nitrogen and oxygen atoms in total. The van der Waals surface area contributed by atoms with Crippen molar-refractivity contribution in [3.8, 4) is 0 Å². The second kappa shape index (κ2) is 6.07. The molecule has 1 aromatic carbocycles. The van der Waals surface area contributed by atoms with E-state index in [2.05, 4.69) is 10.1 Å². The van der Waals surface area contributed by atoms with E-state index in [1.807, 2.05) is 0 Å². The molecule has 3 N–H and O–H groups in total. The van der Waals surface area contributed by atoms with Gasteiger partial charge in [-0.05, 0) is 12.5 Å². The van der Waals surface area contributed by atoms with Crippen LogP contribution >= 0.6 is 0 Å². The van der Waals surface area contributed by atoms with E-state index in [-0.39, 0.29) is 12.2 Å². The monoisotopic (exact) mass is 332 g/mol. The molecule has 1 heterocycles. The van der Waals surface area contributed by atoms with Gasteiger partial charge in [0.25, 0.3) is 5.72 Å². The maximum absolute atomic E-state index is 13.3. The number of esters is 1. The summed E-state index contributed by atoms with van der Waals surface area (Å²) in [5.41, 5.74) is -3.50. The Morgan fingerprint density at radius 1 is 1.35 bits per heavy atom. The van der Waals surface area contributed by atoms with Crippen LogP contribution < -0.4 is 10.6 Å². The fourth-order valence-corrected chi connectivity index (χ4v) is 2.47. The molecule has 2 amide bonds. The molecular weight excluding hydrogens is 317 g/mol. The first-order valence-corrected chi connectivity index (χ1v) is 6.80. The van der Waals surface area contributed by atoms with Crippen molar-refractivity contribution in [2.75, 3.05) is 6.61 Å². The molecule has 0 unspecified atom stereocenters. The smallest absolute Gasteiger partial charge is 0.437 e. The van der Waals surface area contributed by atoms with Crippen LogP contribution in [-0.4, -0.2) is 35.6 Å². The molecule has 0 aromatic heterocycles. The predicted molar refractivity (Wildman–Crippen MR) is 72.0 cm³/mol. The number of benzene rings is 1. The zero-order valence-electron chi connectivity index (χ0n) is 12.1. The normalized spacial score (nSPS) is 27.8. The highest BCUT2D eigenvalue weighted by Gasteiger charge is 2.67. The third-order valence-corrected chi connectivity index (χ3v) is 3.51. The average molecular weight is 332 g/mol. The maximum Gasteiger partial charge on any atom is 0.437 e. The molecule has 1 fully saturated rings. The van der Waals surface area contributed by atoms with Gasteiger partial charge in [-0.3, -0.25) is 4.79 Å². The highest BCUT2D eigenvalue weighted by Crippen LogP contribution is 2.42. The Labute approximate surface area is 129 Å². The average Bonchev–Trinajstić information content (AvgIpc) is 2.46. The lowest BCUT2D eigenvalue weighted by Gasteiger charge is -2.44. The standard InChI is InChI=1S/C14H15F3N2O4/c1-2-23-11(20)9-10(8-6-4-3-5-7-8)18-12(21)19-13(9,22)14(15,16)17/h3-7,9-10,22H,2H2,1H3,(H2,18,19,21)/t9-,10-,13-/m1/s1. The van der Waals surface area contributed by atoms with Gasteiger partial charge in [-0.2, -0.15) is 13.2 Å². The molecule has 0 aliphatic carbocycles. The van der Waals surface area contributed by atoms with Crippen LogP contribution in [0.4, 0.5) is 18.0 Å². The van der Waals surface area contributed by atoms with Crippen LogP contribution in [0.3, 0.4) is 0 Å². The van der Waals surface area contributed by atoms with Crippen LogP contribution in [0.25, 0.3) is 0 Å². The van der Waals surface area contributed by atoms with Crippen molar-refractivity contribution < 1.29 is 32.6 Å². The highest BCUT2D eigenvalue weighted by atomic mass is 19.4. The Bertz CT molecular complexity index is 593. The van der Waals surface area contributed by atoms with E-state index in [0.717, 1.165) is 0 Å². The van der Waals surface area contributed by atoms with Gasteiger partial charge in [0.15, 0.2) is 0 Å². The van der Waals surface area contributed by atoms with Crippen molar-refractivity contribution in [1.82, 2.24) is 10.6 Å². The van der Waals surface area contributed by atoms with Gasteiger partial charge in [-0.25, -0.2) is 4.79 Å². The fourth-order valence-electron chi connectivity index (χ4n) is 2.47. The summed E-state index contributed by atoms with van der Waals surface area (Å²) in [6.45, 7) is 1.26. The summed E-state index contributed by atoms with van der Waals surface area (Å²) < 4.78 is 44.7. The minimum Gasteiger partial charge on any atom is -0.466 e. The van der Waals surface area contributed by atoms with Crippen LogP contribution in [0.5, 0.6) is 0 Å². The zero-order chi connectivity index (χ0) is 17.3. The number of amides is 2. The number of ether oxygens (including phenoxy) is 1. The molecule has 0 spiro atoms. The summed E-state index contributed by atoms with van der Waals surface area (Å²) in [6, 6.07) is 4.96. The quantitative estimate of drug-likeness (QED) is 0.732. The van der Waals surface area contributed by atoms with Crippen LogP contribution in [0.15, 0.2) is 30.3 Å². The molecule has 0 bridgehead atoms. The van der Waals surface area contributed by atoms with E-state index in [1.54, 1.807) is 18.2 Å². The Kier molecular flexibility index (Phi) is 4.51. The van der Waals surface area contributed by atoms with Crippen molar-refractivity contribution in [3.63, 3.8) is 0 Å². The van der Waals surface area contributed by atoms with E-state index >= 15 is 0 Å². The van der Waals surface area contributed by atoms with Gasteiger partial charge in [-0.15, -0.1) is 0 Å². The van der Waals surface area contributed by atoms with E-state index in [9.17, 15) is 27.9 Å². The summed E-state index contributed by atoms with van der Waals surface area (Å²) in [5.74, 6) is -3.36. The summed E-state index contributed by atoms with van der Waals surface area (Å²) in [6.07, 6.45) is -5.27. The molecule has 0 radical (unpaired) electrons. The summed E-state index contributed by atoms with van der Waals surface area (Å²) in [4.78, 5) is 23.7. The van der Waals surface area contributed by atoms with E-state index in [4.69, 9.17) is 0 Å². The number of hydrogen-bond donors (Lipinski definition) is 3. The lowest BCUT2D eigenvalue weighted by atomic mass is 9.82. The SMILES string of the molecule is CCOC(=O)[C@H]1[C@@H](c2ccccc2)NC(=O)N[C@]1(O)C(F)(F)F. The number of rotatable bonds is 3. The number of carbonyl (C=O) groups is 2. The van der Waals surface area contributed by atoms with Gasteiger partial charge in [0, 0.05) is 0 Å². The van der Waals surface area contributed by atoms with Crippen LogP contribution in [-0.2, 0) is 9.53 Å². The molecule has 1 aliphatic rings. The first-order chi connectivity index (χ1) is 10.7. The number of urea groups is 1. The van der Waals surface area contributed by atoms with Crippen LogP contribution in [0, 0.1) is 5.92 Å². The van der Waals surface area contributed by atoms with Crippen molar-refractivity contribution in [2.24, 2.45) is 5.92 Å². The Morgan fingerprint density at radius 2 is 1.96 bits per heavy atom. The molecule has 1 saturated heterocycles. The van der Waals surface area contributed by atoms with Crippen molar-refractivity contribution in [1.29, 1.82) is 0 Å². The van der Waals surface area contributed by atoms with Crippen molar-refractivity contribution >= 4 is 12.0 Å². The number of carbonyl (C=O) groups excluding carboxylic acids is 2. The van der Waals surface area contributed by atoms with Crippen LogP contribution in [0.2, 0.25) is 0 Å². The lowest BCUT2D eigenvalue weighted by molar-refractivity contribution is -0.294. The van der Waals surface area contributed by atoms with E-state index in [0.29, 0.717) is 0 Å². The predicted octanol–water partition coefficient (Wildman–Crippen LogP) is 1.47. The lowest BCUT2D eigenvalue weighted by Crippen LogP contribution is -2.73. The Morgan fingerprint density at radius 3 is 2.48 bits per heavy atom. The first-order valence-electron chi connectivity index (χ1n) is 6.80. The summed E-state index contributed by atoms with van der Waals surface area (Å²) in [7, 11) is 0. The van der Waals surface area contributed by atoms with Gasteiger partial charge in [0.2, 0.25) is 0 Å².